The maximum Gasteiger partial charge on any atom is 0.0724 e. The third-order valence-corrected chi connectivity index (χ3v) is 4.50. The normalized spacial score (nSPS) is 22.7. The lowest BCUT2D eigenvalue weighted by Crippen LogP contribution is -2.43. The fraction of sp³-hybridized carbons (Fsp3) is 0.875. The number of hydrogen-bond donors (Lipinski definition) is 2. The second-order valence-electron chi connectivity index (χ2n) is 6.33. The summed E-state index contributed by atoms with van der Waals surface area (Å²) in [6.45, 7) is 8.10. The third-order valence-electron chi connectivity index (χ3n) is 4.50. The Morgan fingerprint density at radius 1 is 1.28 bits per heavy atom. The molecule has 106 valence electrons. The van der Waals surface area contributed by atoms with E-state index in [1.807, 2.05) is 6.08 Å². The first kappa shape index (κ1) is 15.7. The number of rotatable bonds is 7. The van der Waals surface area contributed by atoms with E-state index in [1.165, 1.54) is 32.1 Å². The molecule has 0 radical (unpaired) electrons. The molecule has 0 heterocycles. The number of aliphatic hydroxyl groups excluding tert-OH is 1. The molecule has 2 heteroatoms. The molecule has 1 aliphatic carbocycles. The second kappa shape index (κ2) is 7.96. The Hall–Kier alpha value is -0.340. The van der Waals surface area contributed by atoms with Crippen LogP contribution >= 0.6 is 0 Å². The van der Waals surface area contributed by atoms with E-state index in [0.29, 0.717) is 5.92 Å². The molecule has 0 aromatic heterocycles. The Morgan fingerprint density at radius 3 is 2.39 bits per heavy atom. The van der Waals surface area contributed by atoms with E-state index in [4.69, 9.17) is 5.73 Å². The van der Waals surface area contributed by atoms with Crippen LogP contribution in [0, 0.1) is 17.8 Å². The van der Waals surface area contributed by atoms with Crippen LogP contribution in [0.15, 0.2) is 12.7 Å². The minimum absolute atomic E-state index is 0.0690. The van der Waals surface area contributed by atoms with Crippen molar-refractivity contribution in [3.63, 3.8) is 0 Å². The number of hydrogen-bond acceptors (Lipinski definition) is 2. The fourth-order valence-corrected chi connectivity index (χ4v) is 3.26. The van der Waals surface area contributed by atoms with Gasteiger partial charge in [0, 0.05) is 6.04 Å². The molecule has 3 N–H and O–H groups in total. The minimum Gasteiger partial charge on any atom is -0.391 e. The molecule has 1 fully saturated rings. The van der Waals surface area contributed by atoms with Crippen LogP contribution < -0.4 is 5.73 Å². The van der Waals surface area contributed by atoms with Crippen LogP contribution in [0.4, 0.5) is 0 Å². The summed E-state index contributed by atoms with van der Waals surface area (Å²) in [6.07, 6.45) is 10.0. The Kier molecular flexibility index (Phi) is 6.95. The van der Waals surface area contributed by atoms with Crippen molar-refractivity contribution >= 4 is 0 Å². The van der Waals surface area contributed by atoms with Gasteiger partial charge in [-0.1, -0.05) is 52.0 Å². The molecule has 1 aliphatic rings. The number of nitrogens with two attached hydrogens (primary N) is 1. The first-order valence-corrected chi connectivity index (χ1v) is 7.60. The van der Waals surface area contributed by atoms with Crippen molar-refractivity contribution in [2.24, 2.45) is 23.5 Å². The molecule has 0 spiro atoms. The van der Waals surface area contributed by atoms with E-state index < -0.39 is 0 Å². The Balaban J connectivity index is 2.46. The maximum absolute atomic E-state index is 10.4. The molecule has 18 heavy (non-hydrogen) atoms. The second-order valence-corrected chi connectivity index (χ2v) is 6.33. The van der Waals surface area contributed by atoms with Gasteiger partial charge < -0.3 is 10.8 Å². The summed E-state index contributed by atoms with van der Waals surface area (Å²) in [7, 11) is 0. The van der Waals surface area contributed by atoms with Crippen molar-refractivity contribution in [2.75, 3.05) is 0 Å². The van der Waals surface area contributed by atoms with Gasteiger partial charge in [0.05, 0.1) is 6.10 Å². The minimum atomic E-state index is -0.384. The molecular formula is C16H31NO. The molecule has 1 saturated carbocycles. The molecule has 0 unspecified atom stereocenters. The van der Waals surface area contributed by atoms with Crippen molar-refractivity contribution in [2.45, 2.75) is 70.9 Å². The Morgan fingerprint density at radius 2 is 1.89 bits per heavy atom. The summed E-state index contributed by atoms with van der Waals surface area (Å²) in [4.78, 5) is 0. The van der Waals surface area contributed by atoms with E-state index in [2.05, 4.69) is 20.4 Å². The summed E-state index contributed by atoms with van der Waals surface area (Å²) in [5.74, 6) is 1.44. The molecule has 2 nitrogen and oxygen atoms in total. The number of aliphatic hydroxyl groups is 1. The average Bonchev–Trinajstić information content (AvgIpc) is 2.36. The predicted octanol–water partition coefficient (Wildman–Crippen LogP) is 3.49. The smallest absolute Gasteiger partial charge is 0.0724 e. The number of allylic oxidation sites excluding steroid dienone is 1. The van der Waals surface area contributed by atoms with Crippen LogP contribution in [0.5, 0.6) is 0 Å². The molecule has 1 rings (SSSR count). The van der Waals surface area contributed by atoms with Crippen LogP contribution in [-0.4, -0.2) is 17.3 Å². The van der Waals surface area contributed by atoms with E-state index in [-0.39, 0.29) is 18.1 Å². The molecule has 0 aromatic rings. The van der Waals surface area contributed by atoms with Gasteiger partial charge in [-0.2, -0.15) is 0 Å². The predicted molar refractivity (Wildman–Crippen MR) is 78.3 cm³/mol. The summed E-state index contributed by atoms with van der Waals surface area (Å²) in [6, 6.07) is -0.0690. The van der Waals surface area contributed by atoms with Crippen LogP contribution in [-0.2, 0) is 0 Å². The topological polar surface area (TPSA) is 46.2 Å². The van der Waals surface area contributed by atoms with Crippen molar-refractivity contribution in [1.82, 2.24) is 0 Å². The van der Waals surface area contributed by atoms with Gasteiger partial charge in [0.2, 0.25) is 0 Å². The zero-order valence-electron chi connectivity index (χ0n) is 12.1. The highest BCUT2D eigenvalue weighted by Gasteiger charge is 2.28. The summed E-state index contributed by atoms with van der Waals surface area (Å²) in [5, 5.41) is 10.4. The Labute approximate surface area is 113 Å². The van der Waals surface area contributed by atoms with Gasteiger partial charge in [-0.05, 0) is 30.6 Å². The van der Waals surface area contributed by atoms with Gasteiger partial charge in [-0.25, -0.2) is 0 Å². The summed E-state index contributed by atoms with van der Waals surface area (Å²) >= 11 is 0. The maximum atomic E-state index is 10.4. The highest BCUT2D eigenvalue weighted by atomic mass is 16.3. The van der Waals surface area contributed by atoms with E-state index >= 15 is 0 Å². The van der Waals surface area contributed by atoms with Crippen molar-refractivity contribution in [1.29, 1.82) is 0 Å². The van der Waals surface area contributed by atoms with Crippen LogP contribution in [0.2, 0.25) is 0 Å². The SMILES string of the molecule is C=CC[C@@H](C(C)C)[C@H](O)[C@@H](N)CC1CCCCC1. The molecule has 0 amide bonds. The first-order chi connectivity index (χ1) is 8.56. The van der Waals surface area contributed by atoms with Gasteiger partial charge >= 0.3 is 0 Å². The quantitative estimate of drug-likeness (QED) is 0.682. The highest BCUT2D eigenvalue weighted by Crippen LogP contribution is 2.30. The molecule has 0 aliphatic heterocycles. The molecule has 3 atom stereocenters. The lowest BCUT2D eigenvalue weighted by molar-refractivity contribution is 0.0501. The molecule has 0 bridgehead atoms. The highest BCUT2D eigenvalue weighted by molar-refractivity contribution is 4.87. The largest absolute Gasteiger partial charge is 0.391 e. The molecule has 0 saturated heterocycles. The van der Waals surface area contributed by atoms with Crippen molar-refractivity contribution in [3.8, 4) is 0 Å². The van der Waals surface area contributed by atoms with Crippen molar-refractivity contribution in [3.05, 3.63) is 12.7 Å². The monoisotopic (exact) mass is 253 g/mol. The van der Waals surface area contributed by atoms with Crippen molar-refractivity contribution < 1.29 is 5.11 Å². The Bertz CT molecular complexity index is 233. The van der Waals surface area contributed by atoms with Gasteiger partial charge in [-0.15, -0.1) is 6.58 Å². The molecular weight excluding hydrogens is 222 g/mol. The summed E-state index contributed by atoms with van der Waals surface area (Å²) < 4.78 is 0. The van der Waals surface area contributed by atoms with Crippen LogP contribution in [0.25, 0.3) is 0 Å². The van der Waals surface area contributed by atoms with Crippen LogP contribution in [0.1, 0.15) is 58.8 Å². The molecule has 0 aromatic carbocycles. The van der Waals surface area contributed by atoms with E-state index in [1.54, 1.807) is 0 Å². The van der Waals surface area contributed by atoms with Crippen LogP contribution in [0.3, 0.4) is 0 Å². The average molecular weight is 253 g/mol. The lowest BCUT2D eigenvalue weighted by atomic mass is 9.79. The van der Waals surface area contributed by atoms with Gasteiger partial charge in [0.25, 0.3) is 0 Å². The van der Waals surface area contributed by atoms with Gasteiger partial charge in [-0.3, -0.25) is 0 Å². The van der Waals surface area contributed by atoms with Gasteiger partial charge in [0.15, 0.2) is 0 Å². The zero-order chi connectivity index (χ0) is 13.5. The van der Waals surface area contributed by atoms with E-state index in [9.17, 15) is 5.11 Å². The summed E-state index contributed by atoms with van der Waals surface area (Å²) in [5.41, 5.74) is 6.23. The lowest BCUT2D eigenvalue weighted by Gasteiger charge is -2.32. The first-order valence-electron chi connectivity index (χ1n) is 7.60. The van der Waals surface area contributed by atoms with E-state index in [0.717, 1.165) is 18.8 Å². The third kappa shape index (κ3) is 4.74. The zero-order valence-corrected chi connectivity index (χ0v) is 12.1. The van der Waals surface area contributed by atoms with Gasteiger partial charge in [0.1, 0.15) is 0 Å². The fourth-order valence-electron chi connectivity index (χ4n) is 3.26. The standard InChI is InChI=1S/C16H31NO/c1-4-8-14(12(2)3)16(18)15(17)11-13-9-6-5-7-10-13/h4,12-16,18H,1,5-11,17H2,2-3H3/t14-,15-,16-/m0/s1.